The third-order valence-electron chi connectivity index (χ3n) is 3.44. The van der Waals surface area contributed by atoms with Crippen molar-refractivity contribution in [1.29, 1.82) is 0 Å². The van der Waals surface area contributed by atoms with E-state index in [9.17, 15) is 9.59 Å². The van der Waals surface area contributed by atoms with Crippen molar-refractivity contribution < 1.29 is 19.1 Å². The van der Waals surface area contributed by atoms with Gasteiger partial charge in [-0.2, -0.15) is 15.4 Å². The lowest BCUT2D eigenvalue weighted by Gasteiger charge is -2.11. The van der Waals surface area contributed by atoms with Gasteiger partial charge in [0, 0.05) is 11.3 Å². The lowest BCUT2D eigenvalue weighted by molar-refractivity contribution is 0.0996. The summed E-state index contributed by atoms with van der Waals surface area (Å²) in [6.07, 6.45) is -0.665. The van der Waals surface area contributed by atoms with E-state index in [1.54, 1.807) is 36.4 Å². The van der Waals surface area contributed by atoms with Gasteiger partial charge in [0.05, 0.1) is 7.11 Å². The van der Waals surface area contributed by atoms with Gasteiger partial charge in [0.25, 0.3) is 5.91 Å². The Morgan fingerprint density at radius 2 is 1.85 bits per heavy atom. The number of nitrogens with two attached hydrogens (primary N) is 1. The fourth-order valence-electron chi connectivity index (χ4n) is 2.27. The van der Waals surface area contributed by atoms with Gasteiger partial charge in [0.1, 0.15) is 5.69 Å². The maximum atomic E-state index is 12.0. The van der Waals surface area contributed by atoms with E-state index >= 15 is 0 Å². The number of carbonyl (C=O) groups excluding carboxylic acids is 2. The number of para-hydroxylation sites is 1. The van der Waals surface area contributed by atoms with E-state index in [4.69, 9.17) is 15.2 Å². The molecule has 3 rings (SSSR count). The number of hydrogen-bond acceptors (Lipinski definition) is 6. The number of nitrogens with zero attached hydrogens (tertiary/aromatic N) is 2. The first kappa shape index (κ1) is 17.0. The molecule has 0 atom stereocenters. The van der Waals surface area contributed by atoms with Crippen LogP contribution in [0.15, 0.2) is 48.5 Å². The van der Waals surface area contributed by atoms with Gasteiger partial charge in [-0.1, -0.05) is 18.2 Å². The highest BCUT2D eigenvalue weighted by Gasteiger charge is 2.18. The molecule has 9 nitrogen and oxygen atoms in total. The van der Waals surface area contributed by atoms with E-state index in [1.165, 1.54) is 13.2 Å². The lowest BCUT2D eigenvalue weighted by atomic mass is 10.1. The van der Waals surface area contributed by atoms with Crippen LogP contribution < -0.4 is 20.5 Å². The molecule has 0 fully saturated rings. The number of nitrogens with one attached hydrogen (secondary N) is 2. The summed E-state index contributed by atoms with van der Waals surface area (Å²) in [4.78, 5) is 23.4. The van der Waals surface area contributed by atoms with E-state index in [0.29, 0.717) is 11.3 Å². The average Bonchev–Trinajstić information content (AvgIpc) is 3.13. The summed E-state index contributed by atoms with van der Waals surface area (Å²) >= 11 is 0. The molecule has 0 unspecified atom stereocenters. The van der Waals surface area contributed by atoms with Gasteiger partial charge in [-0.3, -0.25) is 10.1 Å². The summed E-state index contributed by atoms with van der Waals surface area (Å²) in [6.45, 7) is 0. The SMILES string of the molecule is COc1cc(-c2n[nH]nc2C(N)=O)ccc1OC(=O)Nc1ccccc1. The van der Waals surface area contributed by atoms with E-state index in [-0.39, 0.29) is 22.9 Å². The third kappa shape index (κ3) is 3.61. The zero-order valence-corrected chi connectivity index (χ0v) is 13.7. The van der Waals surface area contributed by atoms with Crippen molar-refractivity contribution in [3.63, 3.8) is 0 Å². The second-order valence-corrected chi connectivity index (χ2v) is 5.13. The van der Waals surface area contributed by atoms with Crippen molar-refractivity contribution in [2.45, 2.75) is 0 Å². The number of anilines is 1. The van der Waals surface area contributed by atoms with E-state index < -0.39 is 12.0 Å². The summed E-state index contributed by atoms with van der Waals surface area (Å²) < 4.78 is 10.5. The molecule has 0 spiro atoms. The highest BCUT2D eigenvalue weighted by atomic mass is 16.6. The molecule has 9 heteroatoms. The topological polar surface area (TPSA) is 132 Å². The molecule has 0 saturated heterocycles. The number of rotatable bonds is 5. The Labute approximate surface area is 148 Å². The zero-order chi connectivity index (χ0) is 18.5. The predicted octanol–water partition coefficient (Wildman–Crippen LogP) is 2.19. The van der Waals surface area contributed by atoms with Gasteiger partial charge in [-0.15, -0.1) is 0 Å². The number of aromatic amines is 1. The molecule has 2 aromatic carbocycles. The average molecular weight is 353 g/mol. The maximum absolute atomic E-state index is 12.0. The van der Waals surface area contributed by atoms with Crippen LogP contribution in [0.3, 0.4) is 0 Å². The molecule has 3 aromatic rings. The predicted molar refractivity (Wildman–Crippen MR) is 93.0 cm³/mol. The van der Waals surface area contributed by atoms with Crippen molar-refractivity contribution >= 4 is 17.7 Å². The number of primary amides is 1. The Kier molecular flexibility index (Phi) is 4.79. The Bertz CT molecular complexity index is 939. The molecule has 0 bridgehead atoms. The summed E-state index contributed by atoms with van der Waals surface area (Å²) in [5.41, 5.74) is 6.67. The van der Waals surface area contributed by atoms with Crippen molar-refractivity contribution in [1.82, 2.24) is 15.4 Å². The van der Waals surface area contributed by atoms with Crippen LogP contribution in [0.2, 0.25) is 0 Å². The number of benzene rings is 2. The maximum Gasteiger partial charge on any atom is 0.417 e. The summed E-state index contributed by atoms with van der Waals surface area (Å²) in [6, 6.07) is 13.6. The van der Waals surface area contributed by atoms with E-state index in [2.05, 4.69) is 20.7 Å². The number of hydrogen-bond donors (Lipinski definition) is 3. The molecular weight excluding hydrogens is 338 g/mol. The van der Waals surface area contributed by atoms with Gasteiger partial charge in [-0.25, -0.2) is 4.79 Å². The molecule has 0 saturated carbocycles. The molecule has 0 aliphatic heterocycles. The van der Waals surface area contributed by atoms with Crippen molar-refractivity contribution in [2.24, 2.45) is 5.73 Å². The molecule has 0 radical (unpaired) electrons. The molecule has 0 aliphatic carbocycles. The van der Waals surface area contributed by atoms with Crippen LogP contribution in [0.25, 0.3) is 11.3 Å². The summed E-state index contributed by atoms with van der Waals surface area (Å²) in [5.74, 6) is -0.229. The number of amides is 2. The second-order valence-electron chi connectivity index (χ2n) is 5.13. The Morgan fingerprint density at radius 1 is 1.08 bits per heavy atom. The normalized spacial score (nSPS) is 10.2. The largest absolute Gasteiger partial charge is 0.493 e. The molecule has 1 heterocycles. The quantitative estimate of drug-likeness (QED) is 0.644. The lowest BCUT2D eigenvalue weighted by Crippen LogP contribution is -2.17. The smallest absolute Gasteiger partial charge is 0.417 e. The number of aromatic nitrogens is 3. The molecule has 26 heavy (non-hydrogen) atoms. The van der Waals surface area contributed by atoms with Crippen LogP contribution in [-0.2, 0) is 0 Å². The first-order valence-corrected chi connectivity index (χ1v) is 7.51. The first-order chi connectivity index (χ1) is 12.6. The molecule has 2 amide bonds. The summed E-state index contributed by atoms with van der Waals surface area (Å²) in [7, 11) is 1.43. The molecule has 0 aliphatic rings. The third-order valence-corrected chi connectivity index (χ3v) is 3.44. The van der Waals surface area contributed by atoms with Gasteiger partial charge in [-0.05, 0) is 30.3 Å². The highest BCUT2D eigenvalue weighted by Crippen LogP contribution is 2.32. The minimum atomic E-state index is -0.713. The van der Waals surface area contributed by atoms with Crippen molar-refractivity contribution in [3.8, 4) is 22.8 Å². The summed E-state index contributed by atoms with van der Waals surface area (Å²) in [5, 5.41) is 12.6. The standard InChI is InChI=1S/C17H15N5O4/c1-25-13-9-10(14-15(16(18)23)21-22-20-14)7-8-12(13)26-17(24)19-11-5-3-2-4-6-11/h2-9H,1H3,(H2,18,23)(H,19,24)(H,20,21,22). The van der Waals surface area contributed by atoms with E-state index in [1.807, 2.05) is 6.07 Å². The Hall–Kier alpha value is -3.88. The van der Waals surface area contributed by atoms with E-state index in [0.717, 1.165) is 0 Å². The molecule has 4 N–H and O–H groups in total. The minimum absolute atomic E-state index is 0.00235. The number of carbonyl (C=O) groups is 2. The van der Waals surface area contributed by atoms with Gasteiger partial charge < -0.3 is 15.2 Å². The van der Waals surface area contributed by atoms with Gasteiger partial charge >= 0.3 is 6.09 Å². The van der Waals surface area contributed by atoms with Crippen LogP contribution in [0.5, 0.6) is 11.5 Å². The first-order valence-electron chi connectivity index (χ1n) is 7.51. The fourth-order valence-corrected chi connectivity index (χ4v) is 2.27. The molecule has 132 valence electrons. The fraction of sp³-hybridized carbons (Fsp3) is 0.0588. The number of H-pyrrole nitrogens is 1. The minimum Gasteiger partial charge on any atom is -0.493 e. The van der Waals surface area contributed by atoms with Crippen LogP contribution in [-0.4, -0.2) is 34.5 Å². The van der Waals surface area contributed by atoms with Crippen LogP contribution in [0.4, 0.5) is 10.5 Å². The Morgan fingerprint density at radius 3 is 2.54 bits per heavy atom. The monoisotopic (exact) mass is 353 g/mol. The Balaban J connectivity index is 1.82. The second kappa shape index (κ2) is 7.34. The van der Waals surface area contributed by atoms with Crippen LogP contribution >= 0.6 is 0 Å². The van der Waals surface area contributed by atoms with Crippen molar-refractivity contribution in [3.05, 3.63) is 54.2 Å². The van der Waals surface area contributed by atoms with Crippen molar-refractivity contribution in [2.75, 3.05) is 12.4 Å². The highest BCUT2D eigenvalue weighted by molar-refractivity contribution is 5.96. The van der Waals surface area contributed by atoms with Gasteiger partial charge in [0.15, 0.2) is 17.2 Å². The van der Waals surface area contributed by atoms with Gasteiger partial charge in [0.2, 0.25) is 0 Å². The molecular formula is C17H15N5O4. The molecule has 1 aromatic heterocycles. The van der Waals surface area contributed by atoms with Crippen LogP contribution in [0, 0.1) is 0 Å². The zero-order valence-electron chi connectivity index (χ0n) is 13.7. The number of methoxy groups -OCH3 is 1. The number of ether oxygens (including phenoxy) is 2. The van der Waals surface area contributed by atoms with Crippen LogP contribution in [0.1, 0.15) is 10.5 Å².